The number of aryl methyl sites for hydroxylation is 1. The predicted molar refractivity (Wildman–Crippen MR) is 109 cm³/mol. The molecule has 3 heterocycles. The third-order valence-corrected chi connectivity index (χ3v) is 5.23. The van der Waals surface area contributed by atoms with Crippen molar-refractivity contribution in [2.24, 2.45) is 0 Å². The molecule has 0 atom stereocenters. The van der Waals surface area contributed by atoms with E-state index in [2.05, 4.69) is 15.0 Å². The maximum absolute atomic E-state index is 14.3. The van der Waals surface area contributed by atoms with E-state index >= 15 is 0 Å². The van der Waals surface area contributed by atoms with Crippen molar-refractivity contribution in [3.63, 3.8) is 0 Å². The van der Waals surface area contributed by atoms with Crippen LogP contribution in [0.2, 0.25) is 10.0 Å². The third-order valence-electron chi connectivity index (χ3n) is 4.60. The van der Waals surface area contributed by atoms with Gasteiger partial charge in [-0.05, 0) is 36.4 Å². The van der Waals surface area contributed by atoms with E-state index in [0.29, 0.717) is 43.9 Å². The summed E-state index contributed by atoms with van der Waals surface area (Å²) in [6.45, 7) is 1.79. The molecule has 0 aliphatic rings. The molecule has 4 nitrogen and oxygen atoms in total. The lowest BCUT2D eigenvalue weighted by Gasteiger charge is -2.04. The monoisotopic (exact) mass is 411 g/mol. The molecule has 1 N–H and O–H groups in total. The molecule has 5 rings (SSSR count). The molecule has 0 amide bonds. The number of oxazole rings is 1. The van der Waals surface area contributed by atoms with E-state index < -0.39 is 5.82 Å². The Labute approximate surface area is 168 Å². The van der Waals surface area contributed by atoms with Crippen LogP contribution >= 0.6 is 23.2 Å². The number of nitrogens with one attached hydrogen (secondary N) is 1. The van der Waals surface area contributed by atoms with Crippen molar-refractivity contribution in [2.75, 3.05) is 0 Å². The number of rotatable bonds is 2. The van der Waals surface area contributed by atoms with Crippen molar-refractivity contribution >= 4 is 45.3 Å². The molecule has 28 heavy (non-hydrogen) atoms. The molecule has 0 saturated carbocycles. The first kappa shape index (κ1) is 17.2. The maximum Gasteiger partial charge on any atom is 0.192 e. The highest BCUT2D eigenvalue weighted by Crippen LogP contribution is 2.35. The molecule has 138 valence electrons. The van der Waals surface area contributed by atoms with Gasteiger partial charge in [-0.3, -0.25) is 0 Å². The standard InChI is InChI=1S/C21H12Cl2FN3O/c1-10-26-17-8-15(23)13(7-19(17)28-10)12-5-11-6-18(27-21(11)25-9-12)20-14(22)3-2-4-16(20)24/h2-9H,1H3,(H,25,27). The van der Waals surface area contributed by atoms with Gasteiger partial charge in [0.05, 0.1) is 21.3 Å². The van der Waals surface area contributed by atoms with Gasteiger partial charge < -0.3 is 9.40 Å². The molecule has 5 aromatic rings. The highest BCUT2D eigenvalue weighted by Gasteiger charge is 2.15. The van der Waals surface area contributed by atoms with Gasteiger partial charge in [0.1, 0.15) is 17.0 Å². The van der Waals surface area contributed by atoms with Crippen LogP contribution in [0, 0.1) is 12.7 Å². The first-order valence-electron chi connectivity index (χ1n) is 8.50. The average molecular weight is 412 g/mol. The highest BCUT2D eigenvalue weighted by molar-refractivity contribution is 6.34. The van der Waals surface area contributed by atoms with E-state index in [1.807, 2.05) is 18.2 Å². The quantitative estimate of drug-likeness (QED) is 0.347. The second-order valence-corrected chi connectivity index (χ2v) is 7.29. The fraction of sp³-hybridized carbons (Fsp3) is 0.0476. The lowest BCUT2D eigenvalue weighted by molar-refractivity contribution is 0.561. The summed E-state index contributed by atoms with van der Waals surface area (Å²) in [5.41, 5.74) is 4.48. The molecule has 2 aromatic carbocycles. The summed E-state index contributed by atoms with van der Waals surface area (Å²) >= 11 is 12.6. The molecule has 7 heteroatoms. The zero-order chi connectivity index (χ0) is 19.4. The summed E-state index contributed by atoms with van der Waals surface area (Å²) in [5.74, 6) is 0.183. The molecule has 0 fully saturated rings. The normalized spacial score (nSPS) is 11.6. The van der Waals surface area contributed by atoms with Crippen LogP contribution in [0.25, 0.3) is 44.5 Å². The molecule has 0 saturated heterocycles. The Balaban J connectivity index is 1.66. The van der Waals surface area contributed by atoms with Gasteiger partial charge in [0.15, 0.2) is 11.5 Å². The Kier molecular flexibility index (Phi) is 3.89. The van der Waals surface area contributed by atoms with Gasteiger partial charge in [0.2, 0.25) is 0 Å². The lowest BCUT2D eigenvalue weighted by atomic mass is 10.1. The molecular weight excluding hydrogens is 400 g/mol. The van der Waals surface area contributed by atoms with Crippen molar-refractivity contribution in [1.82, 2.24) is 15.0 Å². The predicted octanol–water partition coefficient (Wildman–Crippen LogP) is 6.79. The summed E-state index contributed by atoms with van der Waals surface area (Å²) in [6, 6.07) is 12.0. The molecule has 0 bridgehead atoms. The largest absolute Gasteiger partial charge is 0.441 e. The third kappa shape index (κ3) is 2.75. The SMILES string of the molecule is Cc1nc2cc(Cl)c(-c3cnc4[nH]c(-c5c(F)cccc5Cl)cc4c3)cc2o1. The maximum atomic E-state index is 14.3. The van der Waals surface area contributed by atoms with Gasteiger partial charge in [-0.15, -0.1) is 0 Å². The minimum Gasteiger partial charge on any atom is -0.441 e. The van der Waals surface area contributed by atoms with E-state index in [9.17, 15) is 4.39 Å². The van der Waals surface area contributed by atoms with Crippen LogP contribution in [0.5, 0.6) is 0 Å². The van der Waals surface area contributed by atoms with Crippen molar-refractivity contribution in [2.45, 2.75) is 6.92 Å². The van der Waals surface area contributed by atoms with Gasteiger partial charge in [-0.25, -0.2) is 14.4 Å². The Morgan fingerprint density at radius 3 is 2.75 bits per heavy atom. The molecule has 3 aromatic heterocycles. The topological polar surface area (TPSA) is 54.7 Å². The van der Waals surface area contributed by atoms with Gasteiger partial charge in [-0.2, -0.15) is 0 Å². The van der Waals surface area contributed by atoms with Gasteiger partial charge in [-0.1, -0.05) is 29.3 Å². The summed E-state index contributed by atoms with van der Waals surface area (Å²) in [6.07, 6.45) is 1.71. The second kappa shape index (κ2) is 6.33. The van der Waals surface area contributed by atoms with Crippen molar-refractivity contribution in [3.05, 3.63) is 70.4 Å². The Morgan fingerprint density at radius 2 is 1.93 bits per heavy atom. The summed E-state index contributed by atoms with van der Waals surface area (Å²) < 4.78 is 19.9. The van der Waals surface area contributed by atoms with Crippen LogP contribution in [-0.2, 0) is 0 Å². The number of nitrogens with zero attached hydrogens (tertiary/aromatic N) is 2. The Hall–Kier alpha value is -2.89. The Bertz CT molecular complexity index is 1350. The van der Waals surface area contributed by atoms with Gasteiger partial charge in [0.25, 0.3) is 0 Å². The summed E-state index contributed by atoms with van der Waals surface area (Å²) in [7, 11) is 0. The van der Waals surface area contributed by atoms with Crippen LogP contribution in [0.1, 0.15) is 5.89 Å². The number of fused-ring (bicyclic) bond motifs is 2. The average Bonchev–Trinajstić information content (AvgIpc) is 3.22. The van der Waals surface area contributed by atoms with Crippen LogP contribution < -0.4 is 0 Å². The highest BCUT2D eigenvalue weighted by atomic mass is 35.5. The molecule has 0 aliphatic heterocycles. The minimum atomic E-state index is -0.395. The number of benzene rings is 2. The van der Waals surface area contributed by atoms with Crippen molar-refractivity contribution in [1.29, 1.82) is 0 Å². The zero-order valence-corrected chi connectivity index (χ0v) is 16.1. The molecule has 0 radical (unpaired) electrons. The smallest absolute Gasteiger partial charge is 0.192 e. The van der Waals surface area contributed by atoms with E-state index in [0.717, 1.165) is 16.5 Å². The number of aromatic amines is 1. The second-order valence-electron chi connectivity index (χ2n) is 6.47. The van der Waals surface area contributed by atoms with Crippen LogP contribution in [0.3, 0.4) is 0 Å². The fourth-order valence-electron chi connectivity index (χ4n) is 3.34. The van der Waals surface area contributed by atoms with Crippen LogP contribution in [-0.4, -0.2) is 15.0 Å². The van der Waals surface area contributed by atoms with Crippen LogP contribution in [0.4, 0.5) is 4.39 Å². The summed E-state index contributed by atoms with van der Waals surface area (Å²) in [5, 5.41) is 1.70. The van der Waals surface area contributed by atoms with Gasteiger partial charge in [0, 0.05) is 29.6 Å². The fourth-order valence-corrected chi connectivity index (χ4v) is 3.87. The van der Waals surface area contributed by atoms with Crippen molar-refractivity contribution in [3.8, 4) is 22.4 Å². The number of hydrogen-bond donors (Lipinski definition) is 1. The molecular formula is C21H12Cl2FN3O. The number of H-pyrrole nitrogens is 1. The number of hydrogen-bond acceptors (Lipinski definition) is 3. The first-order valence-corrected chi connectivity index (χ1v) is 9.25. The molecule has 0 unspecified atom stereocenters. The zero-order valence-electron chi connectivity index (χ0n) is 14.6. The molecule has 0 spiro atoms. The van der Waals surface area contributed by atoms with Crippen LogP contribution in [0.15, 0.2) is 53.1 Å². The van der Waals surface area contributed by atoms with E-state index in [1.54, 1.807) is 31.3 Å². The van der Waals surface area contributed by atoms with E-state index in [1.165, 1.54) is 6.07 Å². The van der Waals surface area contributed by atoms with E-state index in [4.69, 9.17) is 27.6 Å². The number of aromatic nitrogens is 3. The van der Waals surface area contributed by atoms with E-state index in [-0.39, 0.29) is 0 Å². The Morgan fingerprint density at radius 1 is 1.07 bits per heavy atom. The van der Waals surface area contributed by atoms with Gasteiger partial charge >= 0.3 is 0 Å². The lowest BCUT2D eigenvalue weighted by Crippen LogP contribution is -1.85. The summed E-state index contributed by atoms with van der Waals surface area (Å²) in [4.78, 5) is 11.9. The molecule has 0 aliphatic carbocycles. The van der Waals surface area contributed by atoms with Crippen molar-refractivity contribution < 1.29 is 8.81 Å². The minimum absolute atomic E-state index is 0.320. The first-order chi connectivity index (χ1) is 13.5. The number of pyridine rings is 1. The number of halogens is 3.